The van der Waals surface area contributed by atoms with E-state index in [1.807, 2.05) is 45.0 Å². The Morgan fingerprint density at radius 1 is 1.06 bits per heavy atom. The number of benzene rings is 2. The lowest BCUT2D eigenvalue weighted by Gasteiger charge is -2.33. The Bertz CT molecular complexity index is 1090. The number of amides is 2. The molecule has 2 rings (SSSR count). The van der Waals surface area contributed by atoms with Crippen molar-refractivity contribution in [1.29, 1.82) is 0 Å². The molecule has 34 heavy (non-hydrogen) atoms. The number of hydrogen-bond donors (Lipinski definition) is 1. The minimum atomic E-state index is -3.77. The van der Waals surface area contributed by atoms with Crippen molar-refractivity contribution in [3.63, 3.8) is 0 Å². The van der Waals surface area contributed by atoms with Crippen molar-refractivity contribution in [2.45, 2.75) is 52.6 Å². The Hall–Kier alpha value is -2.39. The average molecular weight is 553 g/mol. The number of carbonyl (C=O) groups is 2. The molecule has 0 bridgehead atoms. The first-order chi connectivity index (χ1) is 16.1. The lowest BCUT2D eigenvalue weighted by Crippen LogP contribution is -2.52. The molecular weight excluding hydrogens is 518 g/mol. The Morgan fingerprint density at radius 3 is 2.29 bits per heavy atom. The summed E-state index contributed by atoms with van der Waals surface area (Å²) in [5.41, 5.74) is 2.27. The third kappa shape index (κ3) is 7.56. The highest BCUT2D eigenvalue weighted by atomic mass is 79.9. The molecule has 2 amide bonds. The number of halogens is 1. The number of carbonyl (C=O) groups excluding carboxylic acids is 2. The Balaban J connectivity index is 2.43. The summed E-state index contributed by atoms with van der Waals surface area (Å²) in [4.78, 5) is 28.2. The zero-order valence-corrected chi connectivity index (χ0v) is 22.7. The molecule has 0 fully saturated rings. The zero-order chi connectivity index (χ0) is 25.3. The van der Waals surface area contributed by atoms with Crippen LogP contribution in [-0.2, 0) is 26.2 Å². The summed E-state index contributed by atoms with van der Waals surface area (Å²) in [5, 5.41) is 2.92. The van der Waals surface area contributed by atoms with Crippen LogP contribution in [0.3, 0.4) is 0 Å². The van der Waals surface area contributed by atoms with Crippen molar-refractivity contribution >= 4 is 43.5 Å². The topological polar surface area (TPSA) is 86.8 Å². The third-order valence-corrected chi connectivity index (χ3v) is 7.41. The second-order valence-corrected chi connectivity index (χ2v) is 11.0. The van der Waals surface area contributed by atoms with E-state index in [1.54, 1.807) is 24.3 Å². The SMILES string of the molecule is CCCCNC(=O)[C@@H](CC)N(Cc1ccccc1C)C(=O)CN(c1ccccc1Br)S(C)(=O)=O. The van der Waals surface area contributed by atoms with Crippen LogP contribution in [0.1, 0.15) is 44.2 Å². The van der Waals surface area contributed by atoms with E-state index in [4.69, 9.17) is 0 Å². The van der Waals surface area contributed by atoms with Gasteiger partial charge in [0.05, 0.1) is 11.9 Å². The van der Waals surface area contributed by atoms with E-state index in [0.717, 1.165) is 34.5 Å². The molecule has 0 spiro atoms. The average Bonchev–Trinajstić information content (AvgIpc) is 2.78. The van der Waals surface area contributed by atoms with Crippen molar-refractivity contribution in [3.8, 4) is 0 Å². The van der Waals surface area contributed by atoms with E-state index in [1.165, 1.54) is 4.90 Å². The van der Waals surface area contributed by atoms with Gasteiger partial charge in [-0.3, -0.25) is 13.9 Å². The second kappa shape index (κ2) is 12.9. The minimum Gasteiger partial charge on any atom is -0.354 e. The monoisotopic (exact) mass is 551 g/mol. The van der Waals surface area contributed by atoms with Crippen LogP contribution in [0.5, 0.6) is 0 Å². The fourth-order valence-electron chi connectivity index (χ4n) is 3.65. The predicted octanol–water partition coefficient (Wildman–Crippen LogP) is 4.25. The van der Waals surface area contributed by atoms with E-state index in [0.29, 0.717) is 23.1 Å². The molecule has 0 radical (unpaired) electrons. The maximum Gasteiger partial charge on any atom is 0.244 e. The van der Waals surface area contributed by atoms with Crippen LogP contribution < -0.4 is 9.62 Å². The van der Waals surface area contributed by atoms with Crippen molar-refractivity contribution in [1.82, 2.24) is 10.2 Å². The molecule has 1 atom stereocenters. The summed E-state index contributed by atoms with van der Waals surface area (Å²) < 4.78 is 26.9. The number of nitrogens with zero attached hydrogens (tertiary/aromatic N) is 2. The second-order valence-electron chi connectivity index (χ2n) is 8.24. The van der Waals surface area contributed by atoms with Gasteiger partial charge in [0.25, 0.3) is 0 Å². The molecule has 186 valence electrons. The van der Waals surface area contributed by atoms with Crippen molar-refractivity contribution in [2.75, 3.05) is 23.7 Å². The number of sulfonamides is 1. The standard InChI is InChI=1S/C25H34BrN3O4S/c1-5-7-16-27-25(31)22(6-2)28(17-20-13-9-8-12-19(20)3)24(30)18-29(34(4,32)33)23-15-11-10-14-21(23)26/h8-15,22H,5-7,16-18H2,1-4H3,(H,27,31)/t22-/m1/s1. The molecule has 0 unspecified atom stereocenters. The van der Waals surface area contributed by atoms with Crippen LogP contribution in [-0.4, -0.2) is 50.5 Å². The van der Waals surface area contributed by atoms with Crippen LogP contribution in [0.2, 0.25) is 0 Å². The van der Waals surface area contributed by atoms with Crippen LogP contribution in [0.25, 0.3) is 0 Å². The van der Waals surface area contributed by atoms with E-state index < -0.39 is 28.5 Å². The van der Waals surface area contributed by atoms with Gasteiger partial charge >= 0.3 is 0 Å². The van der Waals surface area contributed by atoms with E-state index in [2.05, 4.69) is 21.2 Å². The largest absolute Gasteiger partial charge is 0.354 e. The smallest absolute Gasteiger partial charge is 0.244 e. The third-order valence-electron chi connectivity index (χ3n) is 5.62. The number of anilines is 1. The molecule has 9 heteroatoms. The molecule has 7 nitrogen and oxygen atoms in total. The van der Waals surface area contributed by atoms with Gasteiger partial charge in [-0.2, -0.15) is 0 Å². The molecule has 0 aromatic heterocycles. The minimum absolute atomic E-state index is 0.207. The number of rotatable bonds is 12. The quantitative estimate of drug-likeness (QED) is 0.399. The van der Waals surface area contributed by atoms with E-state index >= 15 is 0 Å². The summed E-state index contributed by atoms with van der Waals surface area (Å²) in [5.74, 6) is -0.674. The molecule has 0 aliphatic rings. The van der Waals surface area contributed by atoms with E-state index in [-0.39, 0.29) is 12.5 Å². The van der Waals surface area contributed by atoms with Gasteiger partial charge in [0.2, 0.25) is 21.8 Å². The molecule has 0 saturated carbocycles. The van der Waals surface area contributed by atoms with Gasteiger partial charge in [-0.05, 0) is 59.0 Å². The van der Waals surface area contributed by atoms with Crippen LogP contribution in [0.15, 0.2) is 53.0 Å². The highest BCUT2D eigenvalue weighted by Crippen LogP contribution is 2.28. The van der Waals surface area contributed by atoms with Gasteiger partial charge in [-0.15, -0.1) is 0 Å². The summed E-state index contributed by atoms with van der Waals surface area (Å²) in [6, 6.07) is 13.8. The molecule has 2 aromatic rings. The number of nitrogens with one attached hydrogen (secondary N) is 1. The maximum atomic E-state index is 13.7. The maximum absolute atomic E-state index is 13.7. The predicted molar refractivity (Wildman–Crippen MR) is 140 cm³/mol. The number of hydrogen-bond acceptors (Lipinski definition) is 4. The summed E-state index contributed by atoms with van der Waals surface area (Å²) in [7, 11) is -3.77. The number of para-hydroxylation sites is 1. The lowest BCUT2D eigenvalue weighted by atomic mass is 10.1. The highest BCUT2D eigenvalue weighted by Gasteiger charge is 2.32. The first kappa shape index (κ1) is 27.9. The van der Waals surface area contributed by atoms with Gasteiger partial charge in [0, 0.05) is 17.6 Å². The first-order valence-electron chi connectivity index (χ1n) is 11.4. The molecule has 0 aliphatic heterocycles. The van der Waals surface area contributed by atoms with Crippen LogP contribution in [0.4, 0.5) is 5.69 Å². The Morgan fingerprint density at radius 2 is 1.71 bits per heavy atom. The lowest BCUT2D eigenvalue weighted by molar-refractivity contribution is -0.140. The molecule has 0 aliphatic carbocycles. The molecule has 0 saturated heterocycles. The number of unbranched alkanes of at least 4 members (excludes halogenated alkanes) is 1. The van der Waals surface area contributed by atoms with Gasteiger partial charge in [-0.25, -0.2) is 8.42 Å². The van der Waals surface area contributed by atoms with Crippen molar-refractivity contribution in [3.05, 3.63) is 64.1 Å². The first-order valence-corrected chi connectivity index (χ1v) is 14.1. The summed E-state index contributed by atoms with van der Waals surface area (Å²) >= 11 is 3.39. The van der Waals surface area contributed by atoms with Gasteiger partial charge in [0.15, 0.2) is 0 Å². The molecule has 2 aromatic carbocycles. The highest BCUT2D eigenvalue weighted by molar-refractivity contribution is 9.10. The summed E-state index contributed by atoms with van der Waals surface area (Å²) in [6.07, 6.45) is 3.26. The molecular formula is C25H34BrN3O4S. The fourth-order valence-corrected chi connectivity index (χ4v) is 5.12. The number of aryl methyl sites for hydroxylation is 1. The Labute approximate surface area is 211 Å². The van der Waals surface area contributed by atoms with Crippen LogP contribution in [0, 0.1) is 6.92 Å². The van der Waals surface area contributed by atoms with Gasteiger partial charge in [0.1, 0.15) is 12.6 Å². The molecule has 0 heterocycles. The van der Waals surface area contributed by atoms with Crippen molar-refractivity contribution < 1.29 is 18.0 Å². The Kier molecular flexibility index (Phi) is 10.6. The van der Waals surface area contributed by atoms with Gasteiger partial charge in [-0.1, -0.05) is 56.7 Å². The van der Waals surface area contributed by atoms with E-state index in [9.17, 15) is 18.0 Å². The zero-order valence-electron chi connectivity index (χ0n) is 20.3. The van der Waals surface area contributed by atoms with Crippen LogP contribution >= 0.6 is 15.9 Å². The fraction of sp³-hybridized carbons (Fsp3) is 0.440. The molecule has 1 N–H and O–H groups in total. The summed E-state index contributed by atoms with van der Waals surface area (Å²) in [6.45, 7) is 6.17. The normalized spacial score (nSPS) is 12.1. The van der Waals surface area contributed by atoms with Gasteiger partial charge < -0.3 is 10.2 Å². The van der Waals surface area contributed by atoms with Crippen molar-refractivity contribution in [2.24, 2.45) is 0 Å².